The Labute approximate surface area is 62.0 Å². The van der Waals surface area contributed by atoms with E-state index >= 15 is 0 Å². The molecule has 60 valence electrons. The van der Waals surface area contributed by atoms with Gasteiger partial charge < -0.3 is 10.4 Å². The van der Waals surface area contributed by atoms with E-state index in [1.807, 2.05) is 7.05 Å². The van der Waals surface area contributed by atoms with Crippen molar-refractivity contribution in [3.8, 4) is 0 Å². The first kappa shape index (κ1) is 7.98. The third-order valence-electron chi connectivity index (χ3n) is 2.09. The van der Waals surface area contributed by atoms with Crippen LogP contribution < -0.4 is 5.32 Å². The number of aliphatic hydroxyl groups excluding tert-OH is 1. The molecule has 0 aromatic rings. The van der Waals surface area contributed by atoms with Crippen LogP contribution in [0.4, 0.5) is 0 Å². The normalized spacial score (nSPS) is 26.4. The smallest absolute Gasteiger partial charge is 0.0558 e. The lowest BCUT2D eigenvalue weighted by Gasteiger charge is -2.40. The maximum Gasteiger partial charge on any atom is 0.0558 e. The van der Waals surface area contributed by atoms with Crippen molar-refractivity contribution >= 4 is 0 Å². The molecule has 3 heteroatoms. The zero-order valence-corrected chi connectivity index (χ0v) is 6.51. The summed E-state index contributed by atoms with van der Waals surface area (Å²) in [5, 5.41) is 11.8. The summed E-state index contributed by atoms with van der Waals surface area (Å²) in [6.45, 7) is 3.35. The van der Waals surface area contributed by atoms with E-state index in [0.717, 1.165) is 19.6 Å². The molecule has 1 heterocycles. The van der Waals surface area contributed by atoms with Crippen LogP contribution >= 0.6 is 0 Å². The molecule has 2 N–H and O–H groups in total. The predicted molar refractivity (Wildman–Crippen MR) is 41.0 cm³/mol. The second kappa shape index (κ2) is 3.91. The number of nitrogens with one attached hydrogen (secondary N) is 1. The third kappa shape index (κ3) is 1.68. The molecule has 0 radical (unpaired) electrons. The highest BCUT2D eigenvalue weighted by Gasteiger charge is 2.25. The lowest BCUT2D eigenvalue weighted by Crippen LogP contribution is -2.53. The zero-order valence-electron chi connectivity index (χ0n) is 6.51. The summed E-state index contributed by atoms with van der Waals surface area (Å²) in [7, 11) is 1.97. The second-order valence-corrected chi connectivity index (χ2v) is 2.76. The third-order valence-corrected chi connectivity index (χ3v) is 2.09. The molecule has 3 nitrogen and oxygen atoms in total. The molecule has 0 spiro atoms. The lowest BCUT2D eigenvalue weighted by molar-refractivity contribution is 0.0694. The molecule has 1 rings (SSSR count). The van der Waals surface area contributed by atoms with Crippen LogP contribution in [0.1, 0.15) is 6.42 Å². The molecular weight excluding hydrogens is 128 g/mol. The van der Waals surface area contributed by atoms with Crippen LogP contribution in [0.25, 0.3) is 0 Å². The fraction of sp³-hybridized carbons (Fsp3) is 1.00. The molecule has 0 amide bonds. The largest absolute Gasteiger partial charge is 0.395 e. The summed E-state index contributed by atoms with van der Waals surface area (Å²) in [6.07, 6.45) is 1.28. The first-order valence-corrected chi connectivity index (χ1v) is 3.88. The number of aliphatic hydroxyl groups is 1. The van der Waals surface area contributed by atoms with Gasteiger partial charge in [0.15, 0.2) is 0 Å². The van der Waals surface area contributed by atoms with Crippen LogP contribution in [0.15, 0.2) is 0 Å². The molecule has 10 heavy (non-hydrogen) atoms. The van der Waals surface area contributed by atoms with Crippen molar-refractivity contribution in [2.45, 2.75) is 12.5 Å². The van der Waals surface area contributed by atoms with Crippen LogP contribution in [0.3, 0.4) is 0 Å². The Balaban J connectivity index is 2.09. The second-order valence-electron chi connectivity index (χ2n) is 2.76. The topological polar surface area (TPSA) is 35.5 Å². The van der Waals surface area contributed by atoms with Crippen LogP contribution in [-0.4, -0.2) is 49.3 Å². The van der Waals surface area contributed by atoms with Crippen molar-refractivity contribution in [1.29, 1.82) is 0 Å². The molecule has 0 saturated carbocycles. The van der Waals surface area contributed by atoms with E-state index < -0.39 is 0 Å². The number of nitrogens with zero attached hydrogens (tertiary/aromatic N) is 1. The minimum atomic E-state index is 0.292. The van der Waals surface area contributed by atoms with Gasteiger partial charge in [0.1, 0.15) is 0 Å². The summed E-state index contributed by atoms with van der Waals surface area (Å²) in [5.41, 5.74) is 0. The lowest BCUT2D eigenvalue weighted by atomic mass is 10.0. The standard InChI is InChI=1S/C7H16N2O/c1-8-6-7-2-3-9(7)4-5-10/h7-8,10H,2-6H2,1H3. The van der Waals surface area contributed by atoms with Crippen molar-refractivity contribution in [3.63, 3.8) is 0 Å². The van der Waals surface area contributed by atoms with Gasteiger partial charge >= 0.3 is 0 Å². The molecule has 1 atom stereocenters. The average molecular weight is 144 g/mol. The fourth-order valence-electron chi connectivity index (χ4n) is 1.38. The van der Waals surface area contributed by atoms with Gasteiger partial charge in [0.25, 0.3) is 0 Å². The monoisotopic (exact) mass is 144 g/mol. The van der Waals surface area contributed by atoms with Gasteiger partial charge in [-0.3, -0.25) is 4.90 Å². The highest BCUT2D eigenvalue weighted by molar-refractivity contribution is 4.83. The van der Waals surface area contributed by atoms with Gasteiger partial charge in [0.05, 0.1) is 6.61 Å². The number of hydrogen-bond donors (Lipinski definition) is 2. The first-order valence-electron chi connectivity index (χ1n) is 3.88. The van der Waals surface area contributed by atoms with E-state index in [0.29, 0.717) is 12.6 Å². The average Bonchev–Trinajstić information content (AvgIpc) is 1.93. The Morgan fingerprint density at radius 3 is 2.90 bits per heavy atom. The van der Waals surface area contributed by atoms with Gasteiger partial charge in [-0.25, -0.2) is 0 Å². The van der Waals surface area contributed by atoms with Crippen LogP contribution in [0.5, 0.6) is 0 Å². The van der Waals surface area contributed by atoms with Gasteiger partial charge in [-0.05, 0) is 13.5 Å². The van der Waals surface area contributed by atoms with Gasteiger partial charge in [-0.2, -0.15) is 0 Å². The van der Waals surface area contributed by atoms with Crippen molar-refractivity contribution in [1.82, 2.24) is 10.2 Å². The van der Waals surface area contributed by atoms with Crippen LogP contribution in [0, 0.1) is 0 Å². The molecule has 1 saturated heterocycles. The van der Waals surface area contributed by atoms with Crippen molar-refractivity contribution in [2.75, 3.05) is 33.3 Å². The fourth-order valence-corrected chi connectivity index (χ4v) is 1.38. The molecule has 1 aliphatic heterocycles. The van der Waals surface area contributed by atoms with Gasteiger partial charge in [0, 0.05) is 25.7 Å². The summed E-state index contributed by atoms with van der Waals surface area (Å²) < 4.78 is 0. The SMILES string of the molecule is CNCC1CCN1CCO. The van der Waals surface area contributed by atoms with Crippen molar-refractivity contribution in [3.05, 3.63) is 0 Å². The molecule has 0 bridgehead atoms. The minimum Gasteiger partial charge on any atom is -0.395 e. The van der Waals surface area contributed by atoms with Gasteiger partial charge in [0.2, 0.25) is 0 Å². The molecular formula is C7H16N2O. The highest BCUT2D eigenvalue weighted by atomic mass is 16.3. The summed E-state index contributed by atoms with van der Waals surface area (Å²) in [6, 6.07) is 0.678. The number of likely N-dealkylation sites (N-methyl/N-ethyl adjacent to an activating group) is 1. The predicted octanol–water partition coefficient (Wildman–Crippen LogP) is -0.728. The number of likely N-dealkylation sites (tertiary alicyclic amines) is 1. The summed E-state index contributed by atoms with van der Waals surface area (Å²) in [4.78, 5) is 2.30. The van der Waals surface area contributed by atoms with E-state index in [2.05, 4.69) is 10.2 Å². The Hall–Kier alpha value is -0.120. The molecule has 1 aliphatic rings. The molecule has 1 fully saturated rings. The first-order chi connectivity index (χ1) is 4.88. The maximum atomic E-state index is 8.63. The van der Waals surface area contributed by atoms with E-state index in [1.165, 1.54) is 6.42 Å². The van der Waals surface area contributed by atoms with Crippen molar-refractivity contribution < 1.29 is 5.11 Å². The van der Waals surface area contributed by atoms with Crippen LogP contribution in [0.2, 0.25) is 0 Å². The van der Waals surface area contributed by atoms with Gasteiger partial charge in [-0.1, -0.05) is 0 Å². The molecule has 0 aliphatic carbocycles. The molecule has 0 aromatic heterocycles. The quantitative estimate of drug-likeness (QED) is 0.546. The Morgan fingerprint density at radius 2 is 2.50 bits per heavy atom. The summed E-state index contributed by atoms with van der Waals surface area (Å²) >= 11 is 0. The maximum absolute atomic E-state index is 8.63. The Kier molecular flexibility index (Phi) is 3.12. The Bertz CT molecular complexity index is 85.6. The van der Waals surface area contributed by atoms with Crippen molar-refractivity contribution in [2.24, 2.45) is 0 Å². The highest BCUT2D eigenvalue weighted by Crippen LogP contribution is 2.14. The van der Waals surface area contributed by atoms with E-state index in [-0.39, 0.29) is 0 Å². The minimum absolute atomic E-state index is 0.292. The van der Waals surface area contributed by atoms with E-state index in [9.17, 15) is 0 Å². The van der Waals surface area contributed by atoms with E-state index in [4.69, 9.17) is 5.11 Å². The summed E-state index contributed by atoms with van der Waals surface area (Å²) in [5.74, 6) is 0. The number of hydrogen-bond acceptors (Lipinski definition) is 3. The zero-order chi connectivity index (χ0) is 7.40. The number of β-amino-alcohol motifs (C(OH)–C–C–N with tert-alkyl or cyclic N) is 1. The molecule has 0 aromatic carbocycles. The number of rotatable bonds is 4. The van der Waals surface area contributed by atoms with Gasteiger partial charge in [-0.15, -0.1) is 0 Å². The molecule has 1 unspecified atom stereocenters. The van der Waals surface area contributed by atoms with Crippen LogP contribution in [-0.2, 0) is 0 Å². The Morgan fingerprint density at radius 1 is 1.70 bits per heavy atom. The van der Waals surface area contributed by atoms with E-state index in [1.54, 1.807) is 0 Å².